The van der Waals surface area contributed by atoms with Crippen LogP contribution < -0.4 is 16.8 Å². The fourth-order valence-electron chi connectivity index (χ4n) is 1.48. The van der Waals surface area contributed by atoms with Crippen LogP contribution in [0.2, 0.25) is 0 Å². The molecule has 0 aromatic carbocycles. The van der Waals surface area contributed by atoms with Crippen LogP contribution in [0.15, 0.2) is 0 Å². The highest BCUT2D eigenvalue weighted by Gasteiger charge is 2.17. The van der Waals surface area contributed by atoms with Crippen LogP contribution in [-0.2, 0) is 0 Å². The molecule has 0 spiro atoms. The largest absolute Gasteiger partial charge is 0.329 e. The first-order chi connectivity index (χ1) is 4.86. The maximum absolute atomic E-state index is 5.52. The average Bonchev–Trinajstić information content (AvgIpc) is 2.05. The molecule has 1 rings (SSSR count). The van der Waals surface area contributed by atoms with Gasteiger partial charge in [-0.2, -0.15) is 0 Å². The van der Waals surface area contributed by atoms with Crippen molar-refractivity contribution in [3.63, 3.8) is 0 Å². The summed E-state index contributed by atoms with van der Waals surface area (Å²) in [5.41, 5.74) is 11.0. The Hall–Kier alpha value is 0.750. The topological polar surface area (TPSA) is 64.1 Å². The van der Waals surface area contributed by atoms with Crippen molar-refractivity contribution in [3.8, 4) is 0 Å². The lowest BCUT2D eigenvalue weighted by Gasteiger charge is -2.29. The predicted molar refractivity (Wildman–Crippen MR) is 64.4 cm³/mol. The first kappa shape index (κ1) is 19.3. The summed E-state index contributed by atoms with van der Waals surface area (Å²) in [6.07, 6.45) is 3.71. The number of piperidine rings is 1. The predicted octanol–water partition coefficient (Wildman–Crippen LogP) is 0.680. The summed E-state index contributed by atoms with van der Waals surface area (Å²) in [6.45, 7) is 1.49. The van der Waals surface area contributed by atoms with Gasteiger partial charge in [-0.3, -0.25) is 0 Å². The third-order valence-corrected chi connectivity index (χ3v) is 2.15. The smallest absolute Gasteiger partial charge is 0.0193 e. The number of nitrogens with two attached hydrogens (primary N) is 2. The van der Waals surface area contributed by atoms with Crippen molar-refractivity contribution in [1.82, 2.24) is 5.32 Å². The Balaban J connectivity index is -0.000000333. The molecule has 0 aromatic heterocycles. The van der Waals surface area contributed by atoms with Gasteiger partial charge in [-0.1, -0.05) is 6.42 Å². The number of nitrogens with one attached hydrogen (secondary N) is 1. The summed E-state index contributed by atoms with van der Waals surface area (Å²) in [7, 11) is 0. The molecule has 13 heavy (non-hydrogen) atoms. The van der Waals surface area contributed by atoms with Crippen molar-refractivity contribution in [2.24, 2.45) is 11.5 Å². The molecule has 1 aliphatic rings. The lowest BCUT2D eigenvalue weighted by Crippen LogP contribution is -2.49. The summed E-state index contributed by atoms with van der Waals surface area (Å²) >= 11 is 0. The highest BCUT2D eigenvalue weighted by molar-refractivity contribution is 5.86. The highest BCUT2D eigenvalue weighted by atomic mass is 35.5. The van der Waals surface area contributed by atoms with Crippen molar-refractivity contribution in [3.05, 3.63) is 0 Å². The molecular formula is C7H20Cl3N3. The standard InChI is InChI=1S/C7H17N3.3ClH/c8-4-6-2-1-3-7(5-9)10-6;;;/h6-7,10H,1-5,8-9H2;3*1H. The van der Waals surface area contributed by atoms with Gasteiger partial charge in [0, 0.05) is 25.2 Å². The van der Waals surface area contributed by atoms with Crippen LogP contribution in [0.3, 0.4) is 0 Å². The van der Waals surface area contributed by atoms with Gasteiger partial charge in [-0.15, -0.1) is 37.2 Å². The molecule has 5 N–H and O–H groups in total. The molecule has 2 atom stereocenters. The SMILES string of the molecule is Cl.Cl.Cl.NCC1CCCC(CN)N1. The molecule has 0 radical (unpaired) electrons. The number of halogens is 3. The van der Waals surface area contributed by atoms with Crippen molar-refractivity contribution in [2.75, 3.05) is 13.1 Å². The molecule has 1 aliphatic heterocycles. The Morgan fingerprint density at radius 3 is 1.62 bits per heavy atom. The van der Waals surface area contributed by atoms with Crippen LogP contribution in [0, 0.1) is 0 Å². The van der Waals surface area contributed by atoms with Crippen molar-refractivity contribution >= 4 is 37.2 Å². The minimum Gasteiger partial charge on any atom is -0.329 e. The van der Waals surface area contributed by atoms with Crippen LogP contribution in [0.1, 0.15) is 19.3 Å². The van der Waals surface area contributed by atoms with Crippen LogP contribution in [0.25, 0.3) is 0 Å². The molecule has 3 nitrogen and oxygen atoms in total. The van der Waals surface area contributed by atoms with E-state index in [2.05, 4.69) is 5.32 Å². The zero-order chi connectivity index (χ0) is 7.40. The van der Waals surface area contributed by atoms with Crippen LogP contribution in [0.4, 0.5) is 0 Å². The molecule has 6 heteroatoms. The molecule has 0 bridgehead atoms. The zero-order valence-corrected chi connectivity index (χ0v) is 10.0. The summed E-state index contributed by atoms with van der Waals surface area (Å²) in [6, 6.07) is 1.03. The lowest BCUT2D eigenvalue weighted by atomic mass is 9.99. The van der Waals surface area contributed by atoms with E-state index in [4.69, 9.17) is 11.5 Å². The first-order valence-electron chi connectivity index (χ1n) is 4.03. The molecular weight excluding hydrogens is 232 g/mol. The van der Waals surface area contributed by atoms with Crippen molar-refractivity contribution < 1.29 is 0 Å². The minimum absolute atomic E-state index is 0. The van der Waals surface area contributed by atoms with Gasteiger partial charge in [-0.05, 0) is 12.8 Å². The maximum atomic E-state index is 5.52. The van der Waals surface area contributed by atoms with E-state index in [9.17, 15) is 0 Å². The second kappa shape index (κ2) is 10.8. The molecule has 0 amide bonds. The number of hydrogen-bond acceptors (Lipinski definition) is 3. The van der Waals surface area contributed by atoms with Gasteiger partial charge >= 0.3 is 0 Å². The zero-order valence-electron chi connectivity index (χ0n) is 7.57. The Labute approximate surface area is 98.6 Å². The Morgan fingerprint density at radius 1 is 0.923 bits per heavy atom. The van der Waals surface area contributed by atoms with Gasteiger partial charge in [0.25, 0.3) is 0 Å². The fraction of sp³-hybridized carbons (Fsp3) is 1.00. The molecule has 0 saturated carbocycles. The van der Waals surface area contributed by atoms with Crippen molar-refractivity contribution in [2.45, 2.75) is 31.3 Å². The second-order valence-electron chi connectivity index (χ2n) is 2.96. The highest BCUT2D eigenvalue weighted by Crippen LogP contribution is 2.10. The molecule has 84 valence electrons. The van der Waals surface area contributed by atoms with E-state index >= 15 is 0 Å². The molecule has 1 fully saturated rings. The van der Waals surface area contributed by atoms with E-state index in [-0.39, 0.29) is 37.2 Å². The third kappa shape index (κ3) is 6.77. The van der Waals surface area contributed by atoms with E-state index in [1.54, 1.807) is 0 Å². The molecule has 0 aromatic rings. The number of rotatable bonds is 2. The summed E-state index contributed by atoms with van der Waals surface area (Å²) in [5, 5.41) is 3.40. The van der Waals surface area contributed by atoms with Gasteiger partial charge < -0.3 is 16.8 Å². The van der Waals surface area contributed by atoms with Gasteiger partial charge in [-0.25, -0.2) is 0 Å². The van der Waals surface area contributed by atoms with Crippen molar-refractivity contribution in [1.29, 1.82) is 0 Å². The minimum atomic E-state index is 0. The summed E-state index contributed by atoms with van der Waals surface area (Å²) < 4.78 is 0. The van der Waals surface area contributed by atoms with E-state index in [1.807, 2.05) is 0 Å². The Bertz CT molecular complexity index is 95.0. The van der Waals surface area contributed by atoms with E-state index in [0.29, 0.717) is 12.1 Å². The Kier molecular flexibility index (Phi) is 16.1. The molecule has 2 unspecified atom stereocenters. The van der Waals surface area contributed by atoms with Crippen LogP contribution >= 0.6 is 37.2 Å². The molecule has 1 heterocycles. The second-order valence-corrected chi connectivity index (χ2v) is 2.96. The molecule has 1 saturated heterocycles. The number of hydrogen-bond donors (Lipinski definition) is 3. The van der Waals surface area contributed by atoms with Gasteiger partial charge in [0.05, 0.1) is 0 Å². The van der Waals surface area contributed by atoms with E-state index in [1.165, 1.54) is 19.3 Å². The van der Waals surface area contributed by atoms with Crippen LogP contribution in [0.5, 0.6) is 0 Å². The Morgan fingerprint density at radius 2 is 1.31 bits per heavy atom. The lowest BCUT2D eigenvalue weighted by molar-refractivity contribution is 0.329. The monoisotopic (exact) mass is 251 g/mol. The van der Waals surface area contributed by atoms with Gasteiger partial charge in [0.15, 0.2) is 0 Å². The summed E-state index contributed by atoms with van der Waals surface area (Å²) in [5.74, 6) is 0. The molecule has 0 aliphatic carbocycles. The van der Waals surface area contributed by atoms with Gasteiger partial charge in [0.1, 0.15) is 0 Å². The summed E-state index contributed by atoms with van der Waals surface area (Å²) in [4.78, 5) is 0. The van der Waals surface area contributed by atoms with E-state index < -0.39 is 0 Å². The quantitative estimate of drug-likeness (QED) is 0.677. The van der Waals surface area contributed by atoms with E-state index in [0.717, 1.165) is 13.1 Å². The maximum Gasteiger partial charge on any atom is 0.0193 e. The van der Waals surface area contributed by atoms with Gasteiger partial charge in [0.2, 0.25) is 0 Å². The fourth-order valence-corrected chi connectivity index (χ4v) is 1.48. The van der Waals surface area contributed by atoms with Crippen LogP contribution in [-0.4, -0.2) is 25.2 Å². The third-order valence-electron chi connectivity index (χ3n) is 2.15. The average molecular weight is 253 g/mol. The first-order valence-corrected chi connectivity index (χ1v) is 4.03. The normalized spacial score (nSPS) is 26.3.